The normalized spacial score (nSPS) is 14.0. The molecule has 0 bridgehead atoms. The number of aryl methyl sites for hydroxylation is 1. The van der Waals surface area contributed by atoms with Crippen LogP contribution in [0, 0.1) is 6.92 Å². The van der Waals surface area contributed by atoms with Gasteiger partial charge in [-0.25, -0.2) is 0 Å². The van der Waals surface area contributed by atoms with Gasteiger partial charge in [-0.15, -0.1) is 0 Å². The summed E-state index contributed by atoms with van der Waals surface area (Å²) in [5.74, 6) is -0.859. The molecule has 3 nitrogen and oxygen atoms in total. The van der Waals surface area contributed by atoms with Crippen molar-refractivity contribution in [3.05, 3.63) is 41.0 Å². The van der Waals surface area contributed by atoms with Gasteiger partial charge in [0.15, 0.2) is 0 Å². The predicted octanol–water partition coefficient (Wildman–Crippen LogP) is 2.44. The smallest absolute Gasteiger partial charge is 0.394 e. The van der Waals surface area contributed by atoms with Crippen LogP contribution in [0.25, 0.3) is 6.08 Å². The molecule has 110 valence electrons. The molecule has 6 heteroatoms. The summed E-state index contributed by atoms with van der Waals surface area (Å²) in [6.07, 6.45) is -3.19. The number of halogens is 3. The van der Waals surface area contributed by atoms with Gasteiger partial charge < -0.3 is 10.4 Å². The van der Waals surface area contributed by atoms with Crippen molar-refractivity contribution in [3.8, 4) is 0 Å². The molecule has 0 radical (unpaired) electrons. The van der Waals surface area contributed by atoms with Crippen LogP contribution in [0.15, 0.2) is 29.8 Å². The second kappa shape index (κ2) is 6.56. The molecule has 1 aromatic carbocycles. The summed E-state index contributed by atoms with van der Waals surface area (Å²) in [6, 6.07) is 4.95. The van der Waals surface area contributed by atoms with Crippen molar-refractivity contribution in [2.45, 2.75) is 26.1 Å². The summed E-state index contributed by atoms with van der Waals surface area (Å²) in [4.78, 5) is 11.6. The van der Waals surface area contributed by atoms with E-state index in [4.69, 9.17) is 5.11 Å². The van der Waals surface area contributed by atoms with E-state index in [1.807, 2.05) is 19.1 Å². The number of alkyl halides is 3. The molecule has 0 unspecified atom stereocenters. The summed E-state index contributed by atoms with van der Waals surface area (Å²) < 4.78 is 37.3. The van der Waals surface area contributed by atoms with Crippen molar-refractivity contribution in [1.82, 2.24) is 5.32 Å². The summed E-state index contributed by atoms with van der Waals surface area (Å²) in [6.45, 7) is 2.13. The van der Waals surface area contributed by atoms with E-state index < -0.39 is 24.7 Å². The van der Waals surface area contributed by atoms with Crippen LogP contribution in [0.4, 0.5) is 13.2 Å². The van der Waals surface area contributed by atoms with Gasteiger partial charge in [0.2, 0.25) is 5.91 Å². The minimum absolute atomic E-state index is 0.136. The summed E-state index contributed by atoms with van der Waals surface area (Å²) in [5, 5.41) is 10.4. The zero-order chi connectivity index (χ0) is 15.3. The van der Waals surface area contributed by atoms with Crippen molar-refractivity contribution in [3.63, 3.8) is 0 Å². The fraction of sp³-hybridized carbons (Fsp3) is 0.357. The maximum atomic E-state index is 12.4. The lowest BCUT2D eigenvalue weighted by molar-refractivity contribution is -0.167. The molecule has 0 fully saturated rings. The van der Waals surface area contributed by atoms with Gasteiger partial charge >= 0.3 is 6.18 Å². The van der Waals surface area contributed by atoms with Gasteiger partial charge in [0.05, 0.1) is 6.61 Å². The molecule has 0 aliphatic heterocycles. The lowest BCUT2D eigenvalue weighted by atomic mass is 10.1. The SMILES string of the molecule is C/C(=C/c1ccc(C)cc1)C(=O)N[C@H](CO)C(F)(F)F. The van der Waals surface area contributed by atoms with E-state index in [0.29, 0.717) is 0 Å². The minimum atomic E-state index is -4.67. The van der Waals surface area contributed by atoms with Gasteiger partial charge in [0.25, 0.3) is 0 Å². The van der Waals surface area contributed by atoms with E-state index in [0.717, 1.165) is 11.1 Å². The zero-order valence-corrected chi connectivity index (χ0v) is 11.2. The highest BCUT2D eigenvalue weighted by atomic mass is 19.4. The Bertz CT molecular complexity index is 492. The molecular weight excluding hydrogens is 271 g/mol. The van der Waals surface area contributed by atoms with Crippen molar-refractivity contribution in [2.75, 3.05) is 6.61 Å². The fourth-order valence-electron chi connectivity index (χ4n) is 1.48. The monoisotopic (exact) mass is 287 g/mol. The number of amides is 1. The molecule has 1 rings (SSSR count). The van der Waals surface area contributed by atoms with Gasteiger partial charge in [-0.05, 0) is 25.5 Å². The Kier molecular flexibility index (Phi) is 5.33. The van der Waals surface area contributed by atoms with Crippen LogP contribution in [-0.2, 0) is 4.79 Å². The highest BCUT2D eigenvalue weighted by Crippen LogP contribution is 2.20. The van der Waals surface area contributed by atoms with Crippen molar-refractivity contribution < 1.29 is 23.1 Å². The molecule has 2 N–H and O–H groups in total. The highest BCUT2D eigenvalue weighted by molar-refractivity contribution is 5.97. The first-order chi connectivity index (χ1) is 9.24. The van der Waals surface area contributed by atoms with Gasteiger partial charge in [-0.2, -0.15) is 13.2 Å². The number of aliphatic hydroxyl groups excluding tert-OH is 1. The van der Waals surface area contributed by atoms with Gasteiger partial charge in [-0.1, -0.05) is 29.8 Å². The second-order valence-electron chi connectivity index (χ2n) is 4.49. The number of hydrogen-bond acceptors (Lipinski definition) is 2. The second-order valence-corrected chi connectivity index (χ2v) is 4.49. The van der Waals surface area contributed by atoms with E-state index in [1.54, 1.807) is 17.4 Å². The number of aliphatic hydroxyl groups is 1. The lowest BCUT2D eigenvalue weighted by Crippen LogP contribution is -2.48. The maximum absolute atomic E-state index is 12.4. The predicted molar refractivity (Wildman–Crippen MR) is 69.9 cm³/mol. The number of benzene rings is 1. The third kappa shape index (κ3) is 4.70. The fourth-order valence-corrected chi connectivity index (χ4v) is 1.48. The molecule has 0 saturated carbocycles. The molecule has 1 aromatic rings. The van der Waals surface area contributed by atoms with E-state index in [9.17, 15) is 18.0 Å². The van der Waals surface area contributed by atoms with Crippen LogP contribution in [0.2, 0.25) is 0 Å². The van der Waals surface area contributed by atoms with Crippen molar-refractivity contribution in [1.29, 1.82) is 0 Å². The van der Waals surface area contributed by atoms with Crippen LogP contribution >= 0.6 is 0 Å². The number of hydrogen-bond donors (Lipinski definition) is 2. The highest BCUT2D eigenvalue weighted by Gasteiger charge is 2.40. The van der Waals surface area contributed by atoms with Gasteiger partial charge in [0.1, 0.15) is 6.04 Å². The molecule has 0 aromatic heterocycles. The summed E-state index contributed by atoms with van der Waals surface area (Å²) >= 11 is 0. The Hall–Kier alpha value is -1.82. The molecule has 0 aliphatic carbocycles. The summed E-state index contributed by atoms with van der Waals surface area (Å²) in [7, 11) is 0. The Morgan fingerprint density at radius 2 is 1.90 bits per heavy atom. The summed E-state index contributed by atoms with van der Waals surface area (Å²) in [5.41, 5.74) is 1.90. The van der Waals surface area contributed by atoms with Crippen LogP contribution in [-0.4, -0.2) is 29.8 Å². The molecule has 20 heavy (non-hydrogen) atoms. The first kappa shape index (κ1) is 16.2. The first-order valence-corrected chi connectivity index (χ1v) is 5.97. The Morgan fingerprint density at radius 1 is 1.35 bits per heavy atom. The lowest BCUT2D eigenvalue weighted by Gasteiger charge is -2.19. The first-order valence-electron chi connectivity index (χ1n) is 5.97. The average molecular weight is 287 g/mol. The molecule has 0 spiro atoms. The third-order valence-corrected chi connectivity index (χ3v) is 2.70. The van der Waals surface area contributed by atoms with Crippen LogP contribution < -0.4 is 5.32 Å². The van der Waals surface area contributed by atoms with E-state index in [-0.39, 0.29) is 5.57 Å². The average Bonchev–Trinajstić information content (AvgIpc) is 2.36. The Labute approximate surface area is 115 Å². The van der Waals surface area contributed by atoms with E-state index in [2.05, 4.69) is 0 Å². The number of rotatable bonds is 4. The molecular formula is C14H16F3NO2. The van der Waals surface area contributed by atoms with E-state index >= 15 is 0 Å². The number of carbonyl (C=O) groups excluding carboxylic acids is 1. The van der Waals surface area contributed by atoms with Crippen LogP contribution in [0.3, 0.4) is 0 Å². The number of carbonyl (C=O) groups is 1. The molecule has 0 heterocycles. The Balaban J connectivity index is 2.78. The molecule has 0 aliphatic rings. The minimum Gasteiger partial charge on any atom is -0.394 e. The Morgan fingerprint density at radius 3 is 2.35 bits per heavy atom. The van der Waals surface area contributed by atoms with Gasteiger partial charge in [-0.3, -0.25) is 4.79 Å². The molecule has 0 saturated heterocycles. The number of nitrogens with one attached hydrogen (secondary N) is 1. The standard InChI is InChI=1S/C14H16F3NO2/c1-9-3-5-11(6-4-9)7-10(2)13(20)18-12(8-19)14(15,16)17/h3-7,12,19H,8H2,1-2H3,(H,18,20)/b10-7-/t12-/m1/s1. The zero-order valence-electron chi connectivity index (χ0n) is 11.2. The largest absolute Gasteiger partial charge is 0.410 e. The maximum Gasteiger partial charge on any atom is 0.410 e. The quantitative estimate of drug-likeness (QED) is 0.836. The van der Waals surface area contributed by atoms with Gasteiger partial charge in [0, 0.05) is 5.57 Å². The van der Waals surface area contributed by atoms with E-state index in [1.165, 1.54) is 13.0 Å². The van der Waals surface area contributed by atoms with Crippen LogP contribution in [0.5, 0.6) is 0 Å². The topological polar surface area (TPSA) is 49.3 Å². The van der Waals surface area contributed by atoms with Crippen LogP contribution in [0.1, 0.15) is 18.1 Å². The molecule has 1 atom stereocenters. The molecule has 1 amide bonds. The third-order valence-electron chi connectivity index (χ3n) is 2.70. The van der Waals surface area contributed by atoms with Crippen molar-refractivity contribution >= 4 is 12.0 Å². The van der Waals surface area contributed by atoms with Crippen molar-refractivity contribution in [2.24, 2.45) is 0 Å².